The molecule has 5 heteroatoms. The van der Waals surface area contributed by atoms with Crippen LogP contribution >= 0.6 is 0 Å². The molecule has 1 saturated carbocycles. The second kappa shape index (κ2) is 6.16. The van der Waals surface area contributed by atoms with Crippen LogP contribution in [0, 0.1) is 0 Å². The van der Waals surface area contributed by atoms with Crippen LogP contribution in [0.4, 0.5) is 0 Å². The Labute approximate surface area is 124 Å². The van der Waals surface area contributed by atoms with Gasteiger partial charge in [-0.05, 0) is 19.4 Å². The summed E-state index contributed by atoms with van der Waals surface area (Å²) in [4.78, 5) is 18.2. The van der Waals surface area contributed by atoms with Gasteiger partial charge in [-0.2, -0.15) is 0 Å². The highest BCUT2D eigenvalue weighted by atomic mass is 16.5. The third-order valence-electron chi connectivity index (χ3n) is 3.78. The first-order chi connectivity index (χ1) is 10.3. The fourth-order valence-electron chi connectivity index (χ4n) is 2.59. The molecule has 1 aromatic rings. The van der Waals surface area contributed by atoms with Gasteiger partial charge >= 0.3 is 5.97 Å². The number of carbonyl (C=O) groups is 1. The number of hydrogen-bond donors (Lipinski definition) is 0. The fraction of sp³-hybridized carbons (Fsp3) is 0.500. The topological polar surface area (TPSA) is 51.1 Å². The van der Waals surface area contributed by atoms with Gasteiger partial charge in [0.15, 0.2) is 0 Å². The third kappa shape index (κ3) is 3.35. The molecule has 112 valence electrons. The average molecular weight is 288 g/mol. The Kier molecular flexibility index (Phi) is 4.08. The van der Waals surface area contributed by atoms with Crippen molar-refractivity contribution in [3.63, 3.8) is 0 Å². The molecule has 1 heterocycles. The molecule has 0 bridgehead atoms. The molecule has 3 rings (SSSR count). The van der Waals surface area contributed by atoms with Crippen LogP contribution in [0.2, 0.25) is 0 Å². The standard InChI is InChI=1S/C16H20N2O3/c1-2-20-16(19)9-12-5-3-4-6-15(12)21-8-7-18-11-17-13-10-14(13)18/h3-6,11,13-14H,2,7-10H2,1H3. The van der Waals surface area contributed by atoms with Gasteiger partial charge in [-0.15, -0.1) is 0 Å². The van der Waals surface area contributed by atoms with E-state index in [0.717, 1.165) is 17.9 Å². The molecule has 0 N–H and O–H groups in total. The maximum absolute atomic E-state index is 11.6. The molecule has 2 aliphatic rings. The average Bonchev–Trinajstić information content (AvgIpc) is 3.15. The van der Waals surface area contributed by atoms with Gasteiger partial charge in [0.25, 0.3) is 0 Å². The first kappa shape index (κ1) is 13.9. The molecule has 2 atom stereocenters. The number of benzene rings is 1. The van der Waals surface area contributed by atoms with Crippen molar-refractivity contribution in [3.05, 3.63) is 29.8 Å². The summed E-state index contributed by atoms with van der Waals surface area (Å²) in [6.07, 6.45) is 3.35. The molecule has 1 aliphatic carbocycles. The number of fused-ring (bicyclic) bond motifs is 1. The predicted octanol–water partition coefficient (Wildman–Crippen LogP) is 1.66. The highest BCUT2D eigenvalue weighted by molar-refractivity contribution is 5.73. The monoisotopic (exact) mass is 288 g/mol. The van der Waals surface area contributed by atoms with Crippen LogP contribution in [0.1, 0.15) is 18.9 Å². The summed E-state index contributed by atoms with van der Waals surface area (Å²) in [5.41, 5.74) is 0.871. The van der Waals surface area contributed by atoms with Crippen molar-refractivity contribution in [3.8, 4) is 5.75 Å². The Morgan fingerprint density at radius 3 is 3.00 bits per heavy atom. The van der Waals surface area contributed by atoms with E-state index in [1.807, 2.05) is 37.5 Å². The van der Waals surface area contributed by atoms with E-state index in [-0.39, 0.29) is 12.4 Å². The van der Waals surface area contributed by atoms with E-state index in [4.69, 9.17) is 9.47 Å². The quantitative estimate of drug-likeness (QED) is 0.716. The zero-order chi connectivity index (χ0) is 14.7. The number of nitrogens with zero attached hydrogens (tertiary/aromatic N) is 2. The highest BCUT2D eigenvalue weighted by Crippen LogP contribution is 2.34. The predicted molar refractivity (Wildman–Crippen MR) is 79.7 cm³/mol. The molecular formula is C16H20N2O3. The molecule has 0 radical (unpaired) electrons. The van der Waals surface area contributed by atoms with Crippen molar-refractivity contribution in [2.75, 3.05) is 19.8 Å². The van der Waals surface area contributed by atoms with Crippen LogP contribution in [0.25, 0.3) is 0 Å². The molecule has 0 saturated heterocycles. The first-order valence-corrected chi connectivity index (χ1v) is 7.43. The zero-order valence-electron chi connectivity index (χ0n) is 12.2. The molecule has 1 aromatic carbocycles. The number of para-hydroxylation sites is 1. The number of aliphatic imine (C=N–C) groups is 1. The normalized spacial score (nSPS) is 22.0. The summed E-state index contributed by atoms with van der Waals surface area (Å²) in [7, 11) is 0. The Morgan fingerprint density at radius 2 is 2.29 bits per heavy atom. The molecule has 0 spiro atoms. The number of esters is 1. The molecular weight excluding hydrogens is 268 g/mol. The van der Waals surface area contributed by atoms with E-state index in [9.17, 15) is 4.79 Å². The summed E-state index contributed by atoms with van der Waals surface area (Å²) in [5.74, 6) is 0.537. The van der Waals surface area contributed by atoms with E-state index in [2.05, 4.69) is 9.89 Å². The van der Waals surface area contributed by atoms with E-state index >= 15 is 0 Å². The van der Waals surface area contributed by atoms with Crippen molar-refractivity contribution in [1.29, 1.82) is 0 Å². The molecule has 5 nitrogen and oxygen atoms in total. The van der Waals surface area contributed by atoms with Crippen molar-refractivity contribution >= 4 is 12.3 Å². The smallest absolute Gasteiger partial charge is 0.310 e. The first-order valence-electron chi connectivity index (χ1n) is 7.43. The molecule has 0 aromatic heterocycles. The zero-order valence-corrected chi connectivity index (χ0v) is 12.2. The Bertz CT molecular complexity index is 544. The van der Waals surface area contributed by atoms with Crippen LogP contribution in [0.3, 0.4) is 0 Å². The number of rotatable bonds is 7. The van der Waals surface area contributed by atoms with Gasteiger partial charge in [0.1, 0.15) is 12.4 Å². The van der Waals surface area contributed by atoms with E-state index in [0.29, 0.717) is 25.3 Å². The van der Waals surface area contributed by atoms with E-state index < -0.39 is 0 Å². The Morgan fingerprint density at radius 1 is 1.43 bits per heavy atom. The van der Waals surface area contributed by atoms with Gasteiger partial charge in [0.2, 0.25) is 0 Å². The second-order valence-electron chi connectivity index (χ2n) is 5.31. The van der Waals surface area contributed by atoms with Gasteiger partial charge in [-0.25, -0.2) is 0 Å². The molecule has 0 amide bonds. The van der Waals surface area contributed by atoms with Crippen molar-refractivity contribution in [2.24, 2.45) is 4.99 Å². The lowest BCUT2D eigenvalue weighted by atomic mass is 10.1. The minimum absolute atomic E-state index is 0.221. The summed E-state index contributed by atoms with van der Waals surface area (Å²) >= 11 is 0. The Balaban J connectivity index is 1.52. The Hall–Kier alpha value is -2.04. The van der Waals surface area contributed by atoms with Crippen molar-refractivity contribution in [2.45, 2.75) is 31.8 Å². The highest BCUT2D eigenvalue weighted by Gasteiger charge is 2.44. The summed E-state index contributed by atoms with van der Waals surface area (Å²) in [6, 6.07) is 8.75. The SMILES string of the molecule is CCOC(=O)Cc1ccccc1OCCN1C=NC2CC21. The molecule has 1 aliphatic heterocycles. The minimum Gasteiger partial charge on any atom is -0.491 e. The van der Waals surface area contributed by atoms with E-state index in [1.165, 1.54) is 6.42 Å². The largest absolute Gasteiger partial charge is 0.491 e. The van der Waals surface area contributed by atoms with Crippen LogP contribution in [0.15, 0.2) is 29.3 Å². The van der Waals surface area contributed by atoms with Crippen LogP contribution in [0.5, 0.6) is 5.75 Å². The van der Waals surface area contributed by atoms with Crippen LogP contribution in [-0.4, -0.2) is 49.0 Å². The van der Waals surface area contributed by atoms with Crippen LogP contribution < -0.4 is 4.74 Å². The number of ether oxygens (including phenoxy) is 2. The van der Waals surface area contributed by atoms with E-state index in [1.54, 1.807) is 0 Å². The molecule has 21 heavy (non-hydrogen) atoms. The third-order valence-corrected chi connectivity index (χ3v) is 3.78. The maximum atomic E-state index is 11.6. The lowest BCUT2D eigenvalue weighted by Gasteiger charge is -2.17. The summed E-state index contributed by atoms with van der Waals surface area (Å²) in [6.45, 7) is 3.63. The summed E-state index contributed by atoms with van der Waals surface area (Å²) < 4.78 is 10.8. The fourth-order valence-corrected chi connectivity index (χ4v) is 2.59. The maximum Gasteiger partial charge on any atom is 0.310 e. The number of hydrogen-bond acceptors (Lipinski definition) is 5. The van der Waals surface area contributed by atoms with Gasteiger partial charge in [0.05, 0.1) is 38.0 Å². The number of carbonyl (C=O) groups excluding carboxylic acids is 1. The van der Waals surface area contributed by atoms with Crippen molar-refractivity contribution < 1.29 is 14.3 Å². The van der Waals surface area contributed by atoms with Gasteiger partial charge in [0, 0.05) is 5.56 Å². The lowest BCUT2D eigenvalue weighted by molar-refractivity contribution is -0.142. The summed E-state index contributed by atoms with van der Waals surface area (Å²) in [5, 5.41) is 0. The second-order valence-corrected chi connectivity index (χ2v) is 5.31. The minimum atomic E-state index is -0.221. The lowest BCUT2D eigenvalue weighted by Crippen LogP contribution is -2.27. The molecule has 2 unspecified atom stereocenters. The van der Waals surface area contributed by atoms with Crippen LogP contribution in [-0.2, 0) is 16.0 Å². The van der Waals surface area contributed by atoms with Gasteiger partial charge in [-0.3, -0.25) is 9.79 Å². The van der Waals surface area contributed by atoms with Crippen molar-refractivity contribution in [1.82, 2.24) is 4.90 Å². The van der Waals surface area contributed by atoms with Gasteiger partial charge in [-0.1, -0.05) is 18.2 Å². The molecule has 1 fully saturated rings. The van der Waals surface area contributed by atoms with Gasteiger partial charge < -0.3 is 14.4 Å².